The maximum Gasteiger partial charge on any atom is 0.180 e. The van der Waals surface area contributed by atoms with Crippen LogP contribution < -0.4 is 9.47 Å². The molecule has 5 rings (SSSR count). The van der Waals surface area contributed by atoms with E-state index in [1.165, 1.54) is 0 Å². The summed E-state index contributed by atoms with van der Waals surface area (Å²) in [6.45, 7) is 2.59. The van der Waals surface area contributed by atoms with Gasteiger partial charge in [-0.05, 0) is 68.0 Å². The molecule has 0 radical (unpaired) electrons. The second-order valence-corrected chi connectivity index (χ2v) is 10.3. The molecule has 1 heterocycles. The number of Topliss-reactive ketones (excluding diaryl/α,β-unsaturated/α-hetero) is 2. The lowest BCUT2D eigenvalue weighted by molar-refractivity contribution is -0.117. The van der Waals surface area contributed by atoms with E-state index in [2.05, 4.69) is 4.90 Å². The number of halogens is 2. The fourth-order valence-corrected chi connectivity index (χ4v) is 6.11. The standard InChI is InChI=1S/C29H29Cl2NO4/c1-3-35-25-15-18(14-20(31)29(25)36-16-17-7-4-8-19(30)13-17)26-27-21(9-5-11-23(27)33)32(2)22-10-6-12-24(34)28(22)26/h4,7-8,13-15,26H,3,5-6,9-12,16H2,1-2H3. The molecule has 0 bridgehead atoms. The fourth-order valence-electron chi connectivity index (χ4n) is 5.63. The minimum Gasteiger partial charge on any atom is -0.490 e. The molecule has 2 aromatic carbocycles. The molecule has 3 aliphatic rings. The number of carbonyl (C=O) groups excluding carboxylic acids is 2. The number of ether oxygens (including phenoxy) is 2. The summed E-state index contributed by atoms with van der Waals surface area (Å²) in [5, 5.41) is 1.01. The van der Waals surface area contributed by atoms with Gasteiger partial charge in [0, 0.05) is 53.4 Å². The van der Waals surface area contributed by atoms with E-state index in [0.29, 0.717) is 41.0 Å². The van der Waals surface area contributed by atoms with Gasteiger partial charge in [0.05, 0.1) is 11.6 Å². The topological polar surface area (TPSA) is 55.8 Å². The minimum atomic E-state index is -0.439. The van der Waals surface area contributed by atoms with E-state index < -0.39 is 5.92 Å². The number of ketones is 2. The Labute approximate surface area is 221 Å². The third-order valence-corrected chi connectivity index (χ3v) is 7.70. The molecule has 7 heteroatoms. The summed E-state index contributed by atoms with van der Waals surface area (Å²) in [6.07, 6.45) is 4.29. The summed E-state index contributed by atoms with van der Waals surface area (Å²) in [6, 6.07) is 11.2. The van der Waals surface area contributed by atoms with Gasteiger partial charge >= 0.3 is 0 Å². The smallest absolute Gasteiger partial charge is 0.180 e. The number of hydrogen-bond acceptors (Lipinski definition) is 5. The van der Waals surface area contributed by atoms with Crippen LogP contribution in [0.2, 0.25) is 10.0 Å². The van der Waals surface area contributed by atoms with Crippen LogP contribution in [0, 0.1) is 0 Å². The van der Waals surface area contributed by atoms with Crippen molar-refractivity contribution in [3.05, 3.63) is 80.1 Å². The average Bonchev–Trinajstić information content (AvgIpc) is 2.85. The Morgan fingerprint density at radius 3 is 2.19 bits per heavy atom. The second-order valence-electron chi connectivity index (χ2n) is 9.45. The number of benzene rings is 2. The molecular weight excluding hydrogens is 497 g/mol. The highest BCUT2D eigenvalue weighted by Gasteiger charge is 2.42. The third-order valence-electron chi connectivity index (χ3n) is 7.18. The van der Waals surface area contributed by atoms with Crippen molar-refractivity contribution in [2.45, 2.75) is 58.0 Å². The molecule has 0 atom stereocenters. The van der Waals surface area contributed by atoms with Crippen LogP contribution in [0.5, 0.6) is 11.5 Å². The van der Waals surface area contributed by atoms with Gasteiger partial charge in [-0.3, -0.25) is 9.59 Å². The van der Waals surface area contributed by atoms with Crippen LogP contribution in [-0.2, 0) is 16.2 Å². The predicted octanol–water partition coefficient (Wildman–Crippen LogP) is 7.01. The molecule has 2 aromatic rings. The monoisotopic (exact) mass is 525 g/mol. The van der Waals surface area contributed by atoms with E-state index in [1.807, 2.05) is 50.4 Å². The largest absolute Gasteiger partial charge is 0.490 e. The van der Waals surface area contributed by atoms with Crippen LogP contribution in [0.15, 0.2) is 58.9 Å². The Bertz CT molecular complexity index is 1250. The number of nitrogens with zero attached hydrogens (tertiary/aromatic N) is 1. The highest BCUT2D eigenvalue weighted by atomic mass is 35.5. The summed E-state index contributed by atoms with van der Waals surface area (Å²) in [7, 11) is 1.99. The molecule has 2 aliphatic carbocycles. The first-order valence-corrected chi connectivity index (χ1v) is 13.2. The van der Waals surface area contributed by atoms with E-state index >= 15 is 0 Å². The van der Waals surface area contributed by atoms with Crippen LogP contribution in [0.4, 0.5) is 0 Å². The molecule has 1 aliphatic heterocycles. The molecule has 0 unspecified atom stereocenters. The summed E-state index contributed by atoms with van der Waals surface area (Å²) in [4.78, 5) is 28.6. The molecule has 0 saturated carbocycles. The Morgan fingerprint density at radius 2 is 1.58 bits per heavy atom. The highest BCUT2D eigenvalue weighted by Crippen LogP contribution is 2.50. The first-order valence-electron chi connectivity index (χ1n) is 12.5. The molecule has 0 saturated heterocycles. The first kappa shape index (κ1) is 24.9. The molecular formula is C29H29Cl2NO4. The van der Waals surface area contributed by atoms with Gasteiger partial charge < -0.3 is 14.4 Å². The van der Waals surface area contributed by atoms with E-state index in [9.17, 15) is 9.59 Å². The van der Waals surface area contributed by atoms with Gasteiger partial charge in [-0.1, -0.05) is 35.3 Å². The van der Waals surface area contributed by atoms with Crippen molar-refractivity contribution < 1.29 is 19.1 Å². The van der Waals surface area contributed by atoms with E-state index in [1.54, 1.807) is 0 Å². The van der Waals surface area contributed by atoms with Gasteiger partial charge in [-0.15, -0.1) is 0 Å². The molecule has 0 N–H and O–H groups in total. The lowest BCUT2D eigenvalue weighted by Gasteiger charge is -2.42. The number of carbonyl (C=O) groups is 2. The van der Waals surface area contributed by atoms with Crippen LogP contribution >= 0.6 is 23.2 Å². The maximum atomic E-state index is 13.3. The summed E-state index contributed by atoms with van der Waals surface area (Å²) in [5.41, 5.74) is 5.20. The summed E-state index contributed by atoms with van der Waals surface area (Å²) < 4.78 is 12.1. The number of rotatable bonds is 6. The van der Waals surface area contributed by atoms with Crippen LogP contribution in [0.1, 0.15) is 62.5 Å². The van der Waals surface area contributed by atoms with E-state index in [4.69, 9.17) is 32.7 Å². The van der Waals surface area contributed by atoms with E-state index in [0.717, 1.165) is 59.4 Å². The van der Waals surface area contributed by atoms with Gasteiger partial charge in [0.1, 0.15) is 6.61 Å². The van der Waals surface area contributed by atoms with Crippen LogP contribution in [0.25, 0.3) is 0 Å². The van der Waals surface area contributed by atoms with Crippen molar-refractivity contribution in [3.63, 3.8) is 0 Å². The lowest BCUT2D eigenvalue weighted by Crippen LogP contribution is -2.37. The predicted molar refractivity (Wildman–Crippen MR) is 141 cm³/mol. The zero-order valence-corrected chi connectivity index (χ0v) is 22.0. The van der Waals surface area contributed by atoms with Gasteiger partial charge in [-0.25, -0.2) is 0 Å². The highest BCUT2D eigenvalue weighted by molar-refractivity contribution is 6.32. The minimum absolute atomic E-state index is 0.105. The number of hydrogen-bond donors (Lipinski definition) is 0. The Morgan fingerprint density at radius 1 is 0.917 bits per heavy atom. The SMILES string of the molecule is CCOc1cc(C2C3=C(CCCC3=O)N(C)C3=C2C(=O)CCC3)cc(Cl)c1OCc1cccc(Cl)c1. The maximum absolute atomic E-state index is 13.3. The Hall–Kier alpha value is -2.76. The normalized spacial score (nSPS) is 18.4. The number of allylic oxidation sites excluding steroid dienone is 4. The first-order chi connectivity index (χ1) is 17.4. The molecule has 0 fully saturated rings. The zero-order chi connectivity index (χ0) is 25.4. The van der Waals surface area contributed by atoms with Crippen molar-refractivity contribution in [3.8, 4) is 11.5 Å². The van der Waals surface area contributed by atoms with Crippen molar-refractivity contribution in [1.29, 1.82) is 0 Å². The van der Waals surface area contributed by atoms with Gasteiger partial charge in [0.15, 0.2) is 23.1 Å². The van der Waals surface area contributed by atoms with Crippen molar-refractivity contribution in [2.75, 3.05) is 13.7 Å². The Kier molecular flexibility index (Phi) is 7.14. The Balaban J connectivity index is 1.60. The second kappa shape index (κ2) is 10.3. The average molecular weight is 526 g/mol. The fraction of sp³-hybridized carbons (Fsp3) is 0.379. The van der Waals surface area contributed by atoms with Crippen molar-refractivity contribution in [2.24, 2.45) is 0 Å². The molecule has 5 nitrogen and oxygen atoms in total. The van der Waals surface area contributed by atoms with Gasteiger partial charge in [-0.2, -0.15) is 0 Å². The molecule has 0 aromatic heterocycles. The van der Waals surface area contributed by atoms with E-state index in [-0.39, 0.29) is 18.2 Å². The zero-order valence-electron chi connectivity index (χ0n) is 20.5. The van der Waals surface area contributed by atoms with Gasteiger partial charge in [0.25, 0.3) is 0 Å². The molecule has 188 valence electrons. The summed E-state index contributed by atoms with van der Waals surface area (Å²) >= 11 is 12.9. The van der Waals surface area contributed by atoms with Crippen LogP contribution in [0.3, 0.4) is 0 Å². The quantitative estimate of drug-likeness (QED) is 0.405. The van der Waals surface area contributed by atoms with Crippen molar-refractivity contribution in [1.82, 2.24) is 4.90 Å². The molecule has 0 amide bonds. The molecule has 36 heavy (non-hydrogen) atoms. The van der Waals surface area contributed by atoms with Crippen LogP contribution in [-0.4, -0.2) is 30.1 Å². The van der Waals surface area contributed by atoms with Gasteiger partial charge in [0.2, 0.25) is 0 Å². The third kappa shape index (κ3) is 4.55. The summed E-state index contributed by atoms with van der Waals surface area (Å²) in [5.74, 6) is 0.701. The lowest BCUT2D eigenvalue weighted by atomic mass is 9.71. The van der Waals surface area contributed by atoms with Crippen molar-refractivity contribution >= 4 is 34.8 Å². The molecule has 0 spiro atoms.